The van der Waals surface area contributed by atoms with Gasteiger partial charge in [-0.3, -0.25) is 14.9 Å². The Bertz CT molecular complexity index is 813. The van der Waals surface area contributed by atoms with E-state index in [4.69, 9.17) is 4.74 Å². The van der Waals surface area contributed by atoms with Crippen LogP contribution in [0.5, 0.6) is 0 Å². The lowest BCUT2D eigenvalue weighted by atomic mass is 9.99. The van der Waals surface area contributed by atoms with Crippen LogP contribution in [0, 0.1) is 24.0 Å². The van der Waals surface area contributed by atoms with Gasteiger partial charge in [0, 0.05) is 17.7 Å². The molecule has 2 rings (SSSR count). The minimum Gasteiger partial charge on any atom is -0.451 e. The van der Waals surface area contributed by atoms with Gasteiger partial charge >= 0.3 is 5.97 Å². The van der Waals surface area contributed by atoms with Crippen molar-refractivity contribution in [2.75, 3.05) is 0 Å². The molecule has 0 aliphatic rings. The zero-order valence-electron chi connectivity index (χ0n) is 13.6. The number of carbonyl (C=O) groups is 2. The van der Waals surface area contributed by atoms with Gasteiger partial charge in [0.1, 0.15) is 0 Å². The molecule has 0 aromatic heterocycles. The highest BCUT2D eigenvalue weighted by molar-refractivity contribution is 6.02. The lowest BCUT2D eigenvalue weighted by Crippen LogP contribution is -2.25. The number of hydrogen-bond donors (Lipinski definition) is 0. The molecule has 24 heavy (non-hydrogen) atoms. The van der Waals surface area contributed by atoms with Crippen LogP contribution >= 0.6 is 0 Å². The van der Waals surface area contributed by atoms with Crippen molar-refractivity contribution in [3.8, 4) is 0 Å². The summed E-state index contributed by atoms with van der Waals surface area (Å²) < 4.78 is 5.17. The van der Waals surface area contributed by atoms with Crippen LogP contribution in [0.25, 0.3) is 0 Å². The van der Waals surface area contributed by atoms with E-state index in [1.807, 2.05) is 26.0 Å². The van der Waals surface area contributed by atoms with Crippen LogP contribution in [0.3, 0.4) is 0 Å². The number of ketones is 1. The number of aryl methyl sites for hydroxylation is 2. The van der Waals surface area contributed by atoms with Crippen LogP contribution in [0.1, 0.15) is 38.8 Å². The molecule has 0 saturated carbocycles. The third-order valence-corrected chi connectivity index (χ3v) is 3.60. The van der Waals surface area contributed by atoms with Crippen molar-refractivity contribution in [2.24, 2.45) is 0 Å². The number of nitro groups is 1. The molecule has 124 valence electrons. The van der Waals surface area contributed by atoms with Crippen LogP contribution in [-0.2, 0) is 4.74 Å². The molecule has 1 atom stereocenters. The molecule has 0 saturated heterocycles. The molecule has 6 heteroatoms. The second-order valence-electron chi connectivity index (χ2n) is 5.54. The van der Waals surface area contributed by atoms with Crippen LogP contribution in [0.15, 0.2) is 42.5 Å². The molecule has 2 aromatic carbocycles. The summed E-state index contributed by atoms with van der Waals surface area (Å²) in [7, 11) is 0. The molecular formula is C18H17NO5. The second kappa shape index (κ2) is 7.04. The molecule has 0 N–H and O–H groups in total. The molecule has 0 spiro atoms. The molecule has 0 aliphatic carbocycles. The Labute approximate surface area is 139 Å². The summed E-state index contributed by atoms with van der Waals surface area (Å²) in [6.07, 6.45) is -0.989. The predicted octanol–water partition coefficient (Wildman–Crippen LogP) is 3.64. The topological polar surface area (TPSA) is 86.5 Å². The maximum atomic E-state index is 12.5. The third kappa shape index (κ3) is 3.84. The van der Waals surface area contributed by atoms with E-state index in [1.165, 1.54) is 25.1 Å². The average Bonchev–Trinajstić information content (AvgIpc) is 2.56. The fourth-order valence-corrected chi connectivity index (χ4v) is 2.25. The van der Waals surface area contributed by atoms with Crippen molar-refractivity contribution < 1.29 is 19.2 Å². The summed E-state index contributed by atoms with van der Waals surface area (Å²) in [6.45, 7) is 5.16. The van der Waals surface area contributed by atoms with E-state index in [2.05, 4.69) is 0 Å². The number of esters is 1. The fourth-order valence-electron chi connectivity index (χ4n) is 2.25. The lowest BCUT2D eigenvalue weighted by Gasteiger charge is -2.14. The normalized spacial score (nSPS) is 11.6. The van der Waals surface area contributed by atoms with Crippen LogP contribution in [-0.4, -0.2) is 22.8 Å². The van der Waals surface area contributed by atoms with E-state index >= 15 is 0 Å². The zero-order valence-corrected chi connectivity index (χ0v) is 13.6. The summed E-state index contributed by atoms with van der Waals surface area (Å²) in [5.41, 5.74) is 2.04. The number of benzene rings is 2. The fraction of sp³-hybridized carbons (Fsp3) is 0.222. The first-order valence-corrected chi connectivity index (χ1v) is 7.36. The molecule has 2 aromatic rings. The number of nitro benzene ring substituents is 1. The Balaban J connectivity index is 2.16. The molecule has 6 nitrogen and oxygen atoms in total. The van der Waals surface area contributed by atoms with E-state index in [0.717, 1.165) is 17.2 Å². The highest BCUT2D eigenvalue weighted by Crippen LogP contribution is 2.17. The monoisotopic (exact) mass is 327 g/mol. The van der Waals surface area contributed by atoms with Gasteiger partial charge in [-0.15, -0.1) is 0 Å². The summed E-state index contributed by atoms with van der Waals surface area (Å²) in [6, 6.07) is 10.7. The first-order valence-electron chi connectivity index (χ1n) is 7.36. The number of non-ortho nitro benzene ring substituents is 1. The van der Waals surface area contributed by atoms with E-state index in [-0.39, 0.29) is 17.0 Å². The molecule has 0 unspecified atom stereocenters. The average molecular weight is 327 g/mol. The van der Waals surface area contributed by atoms with Crippen molar-refractivity contribution in [1.82, 2.24) is 0 Å². The third-order valence-electron chi connectivity index (χ3n) is 3.60. The highest BCUT2D eigenvalue weighted by atomic mass is 16.6. The van der Waals surface area contributed by atoms with Gasteiger partial charge < -0.3 is 4.74 Å². The Morgan fingerprint density at radius 3 is 2.50 bits per heavy atom. The van der Waals surface area contributed by atoms with Crippen molar-refractivity contribution in [1.29, 1.82) is 0 Å². The van der Waals surface area contributed by atoms with Gasteiger partial charge in [0.25, 0.3) is 5.69 Å². The van der Waals surface area contributed by atoms with Gasteiger partial charge in [0.05, 0.1) is 10.5 Å². The number of Topliss-reactive ketones (excluding diaryl/α,β-unsaturated/α-hetero) is 1. The van der Waals surface area contributed by atoms with Crippen LogP contribution in [0.2, 0.25) is 0 Å². The van der Waals surface area contributed by atoms with E-state index < -0.39 is 17.0 Å². The smallest absolute Gasteiger partial charge is 0.339 e. The Morgan fingerprint density at radius 1 is 1.12 bits per heavy atom. The SMILES string of the molecule is Cc1ccc(C)c(C(=O)[C@@H](C)OC(=O)c2cccc([N+](=O)[O-])c2)c1. The summed E-state index contributed by atoms with van der Waals surface area (Å²) >= 11 is 0. The second-order valence-corrected chi connectivity index (χ2v) is 5.54. The first kappa shape index (κ1) is 17.3. The molecule has 0 fully saturated rings. The standard InChI is InChI=1S/C18H17NO5/c1-11-7-8-12(2)16(9-11)17(20)13(3)24-18(21)14-5-4-6-15(10-14)19(22)23/h4-10,13H,1-3H3/t13-/m1/s1. The van der Waals surface area contributed by atoms with Gasteiger partial charge in [-0.1, -0.05) is 23.8 Å². The van der Waals surface area contributed by atoms with Crippen molar-refractivity contribution in [3.05, 3.63) is 74.8 Å². The molecule has 0 amide bonds. The number of carbonyl (C=O) groups excluding carboxylic acids is 2. The molecular weight excluding hydrogens is 310 g/mol. The summed E-state index contributed by atoms with van der Waals surface area (Å²) in [5.74, 6) is -1.08. The number of rotatable bonds is 5. The quantitative estimate of drug-likeness (QED) is 0.362. The van der Waals surface area contributed by atoms with Gasteiger partial charge in [0.15, 0.2) is 6.10 Å². The van der Waals surface area contributed by atoms with Gasteiger partial charge in [-0.2, -0.15) is 0 Å². The van der Waals surface area contributed by atoms with Crippen molar-refractivity contribution in [3.63, 3.8) is 0 Å². The molecule has 0 heterocycles. The Hall–Kier alpha value is -3.02. The number of hydrogen-bond acceptors (Lipinski definition) is 5. The molecule has 0 bridgehead atoms. The number of nitrogens with zero attached hydrogens (tertiary/aromatic N) is 1. The van der Waals surface area contributed by atoms with Gasteiger partial charge in [0.2, 0.25) is 5.78 Å². The maximum absolute atomic E-state index is 12.5. The Kier molecular flexibility index (Phi) is 5.08. The van der Waals surface area contributed by atoms with E-state index in [9.17, 15) is 19.7 Å². The molecule has 0 radical (unpaired) electrons. The maximum Gasteiger partial charge on any atom is 0.339 e. The van der Waals surface area contributed by atoms with E-state index in [0.29, 0.717) is 5.56 Å². The van der Waals surface area contributed by atoms with Crippen LogP contribution < -0.4 is 0 Å². The zero-order chi connectivity index (χ0) is 17.9. The lowest BCUT2D eigenvalue weighted by molar-refractivity contribution is -0.384. The minimum absolute atomic E-state index is 0.0322. The van der Waals surface area contributed by atoms with Crippen LogP contribution in [0.4, 0.5) is 5.69 Å². The largest absolute Gasteiger partial charge is 0.451 e. The predicted molar refractivity (Wildman–Crippen MR) is 88.2 cm³/mol. The Morgan fingerprint density at radius 2 is 1.83 bits per heavy atom. The first-order chi connectivity index (χ1) is 11.3. The van der Waals surface area contributed by atoms with Gasteiger partial charge in [-0.05, 0) is 38.5 Å². The van der Waals surface area contributed by atoms with E-state index in [1.54, 1.807) is 6.07 Å². The van der Waals surface area contributed by atoms with Crippen molar-refractivity contribution in [2.45, 2.75) is 26.9 Å². The number of ether oxygens (including phenoxy) is 1. The van der Waals surface area contributed by atoms with Gasteiger partial charge in [-0.25, -0.2) is 4.79 Å². The minimum atomic E-state index is -0.989. The summed E-state index contributed by atoms with van der Waals surface area (Å²) in [4.78, 5) is 34.8. The molecule has 0 aliphatic heterocycles. The van der Waals surface area contributed by atoms with Crippen molar-refractivity contribution >= 4 is 17.4 Å². The highest BCUT2D eigenvalue weighted by Gasteiger charge is 2.22. The summed E-state index contributed by atoms with van der Waals surface area (Å²) in [5, 5.41) is 10.8.